The second kappa shape index (κ2) is 5.70. The molecule has 0 aliphatic carbocycles. The zero-order chi connectivity index (χ0) is 14.1. The summed E-state index contributed by atoms with van der Waals surface area (Å²) in [5.74, 6) is 0.0823. The summed E-state index contributed by atoms with van der Waals surface area (Å²) in [6.45, 7) is 1.47. The Kier molecular flexibility index (Phi) is 3.94. The standard InChI is InChI=1S/C16H13Br2NO/c17-13-5-6-14(15(18)9-13)16(20)19-8-7-11-3-1-2-4-12(11)10-19/h1-6,9H,7-8,10H2. The van der Waals surface area contributed by atoms with Crippen molar-refractivity contribution in [2.45, 2.75) is 13.0 Å². The first-order valence-corrected chi connectivity index (χ1v) is 8.05. The molecule has 0 saturated heterocycles. The lowest BCUT2D eigenvalue weighted by Gasteiger charge is -2.29. The third-order valence-electron chi connectivity index (χ3n) is 3.58. The molecule has 1 aliphatic heterocycles. The van der Waals surface area contributed by atoms with E-state index in [0.717, 1.165) is 21.9 Å². The molecule has 20 heavy (non-hydrogen) atoms. The molecule has 3 rings (SSSR count). The van der Waals surface area contributed by atoms with Gasteiger partial charge in [0.25, 0.3) is 5.91 Å². The van der Waals surface area contributed by atoms with Crippen molar-refractivity contribution in [2.24, 2.45) is 0 Å². The van der Waals surface area contributed by atoms with Crippen LogP contribution in [0.25, 0.3) is 0 Å². The summed E-state index contributed by atoms with van der Waals surface area (Å²) < 4.78 is 1.79. The van der Waals surface area contributed by atoms with Gasteiger partial charge in [-0.2, -0.15) is 0 Å². The maximum Gasteiger partial charge on any atom is 0.255 e. The van der Waals surface area contributed by atoms with E-state index in [2.05, 4.69) is 50.1 Å². The molecule has 2 aromatic carbocycles. The second-order valence-corrected chi connectivity index (χ2v) is 6.64. The van der Waals surface area contributed by atoms with Crippen LogP contribution < -0.4 is 0 Å². The van der Waals surface area contributed by atoms with Crippen LogP contribution in [-0.4, -0.2) is 17.4 Å². The van der Waals surface area contributed by atoms with Crippen LogP contribution >= 0.6 is 31.9 Å². The van der Waals surface area contributed by atoms with Gasteiger partial charge in [-0.05, 0) is 51.7 Å². The van der Waals surface area contributed by atoms with Crippen LogP contribution in [0.1, 0.15) is 21.5 Å². The second-order valence-electron chi connectivity index (χ2n) is 4.87. The fraction of sp³-hybridized carbons (Fsp3) is 0.188. The summed E-state index contributed by atoms with van der Waals surface area (Å²) in [5, 5.41) is 0. The van der Waals surface area contributed by atoms with Crippen molar-refractivity contribution in [3.05, 3.63) is 68.1 Å². The highest BCUT2D eigenvalue weighted by atomic mass is 79.9. The number of hydrogen-bond acceptors (Lipinski definition) is 1. The molecule has 0 spiro atoms. The molecule has 0 saturated carbocycles. The average molecular weight is 395 g/mol. The summed E-state index contributed by atoms with van der Waals surface area (Å²) >= 11 is 6.88. The Morgan fingerprint density at radius 3 is 2.55 bits per heavy atom. The Bertz CT molecular complexity index is 669. The van der Waals surface area contributed by atoms with Gasteiger partial charge in [0.2, 0.25) is 0 Å². The largest absolute Gasteiger partial charge is 0.334 e. The molecule has 102 valence electrons. The predicted octanol–water partition coefficient (Wildman–Crippen LogP) is 4.41. The molecule has 4 heteroatoms. The van der Waals surface area contributed by atoms with Crippen molar-refractivity contribution >= 4 is 37.8 Å². The quantitative estimate of drug-likeness (QED) is 0.701. The van der Waals surface area contributed by atoms with Crippen LogP contribution in [0.15, 0.2) is 51.4 Å². The van der Waals surface area contributed by atoms with Crippen molar-refractivity contribution < 1.29 is 4.79 Å². The highest BCUT2D eigenvalue weighted by Crippen LogP contribution is 2.26. The number of carbonyl (C=O) groups is 1. The molecule has 0 aromatic heterocycles. The highest BCUT2D eigenvalue weighted by Gasteiger charge is 2.22. The van der Waals surface area contributed by atoms with Gasteiger partial charge in [-0.3, -0.25) is 4.79 Å². The summed E-state index contributed by atoms with van der Waals surface area (Å²) in [4.78, 5) is 14.5. The van der Waals surface area contributed by atoms with E-state index in [4.69, 9.17) is 0 Å². The SMILES string of the molecule is O=C(c1ccc(Br)cc1Br)N1CCc2ccccc2C1. The Morgan fingerprint density at radius 1 is 1.05 bits per heavy atom. The molecule has 0 atom stereocenters. The molecule has 0 unspecified atom stereocenters. The molecular formula is C16H13Br2NO. The van der Waals surface area contributed by atoms with E-state index in [-0.39, 0.29) is 5.91 Å². The molecule has 0 N–H and O–H groups in total. The van der Waals surface area contributed by atoms with Crippen molar-refractivity contribution in [3.8, 4) is 0 Å². The first-order chi connectivity index (χ1) is 9.65. The zero-order valence-electron chi connectivity index (χ0n) is 10.8. The molecule has 0 radical (unpaired) electrons. The molecule has 1 amide bonds. The fourth-order valence-electron chi connectivity index (χ4n) is 2.50. The fourth-order valence-corrected chi connectivity index (χ4v) is 3.72. The van der Waals surface area contributed by atoms with Gasteiger partial charge in [0.1, 0.15) is 0 Å². The van der Waals surface area contributed by atoms with Crippen LogP contribution in [0, 0.1) is 0 Å². The number of carbonyl (C=O) groups excluding carboxylic acids is 1. The third-order valence-corrected chi connectivity index (χ3v) is 4.73. The Morgan fingerprint density at radius 2 is 1.80 bits per heavy atom. The van der Waals surface area contributed by atoms with Crippen molar-refractivity contribution in [3.63, 3.8) is 0 Å². The summed E-state index contributed by atoms with van der Waals surface area (Å²) in [5.41, 5.74) is 3.32. The van der Waals surface area contributed by atoms with Gasteiger partial charge >= 0.3 is 0 Å². The van der Waals surface area contributed by atoms with Gasteiger partial charge in [-0.1, -0.05) is 40.2 Å². The first-order valence-electron chi connectivity index (χ1n) is 6.46. The zero-order valence-corrected chi connectivity index (χ0v) is 13.9. The van der Waals surface area contributed by atoms with Crippen molar-refractivity contribution in [1.82, 2.24) is 4.90 Å². The van der Waals surface area contributed by atoms with Crippen LogP contribution in [-0.2, 0) is 13.0 Å². The minimum Gasteiger partial charge on any atom is -0.334 e. The molecule has 0 fully saturated rings. The molecular weight excluding hydrogens is 382 g/mol. The monoisotopic (exact) mass is 393 g/mol. The minimum absolute atomic E-state index is 0.0823. The van der Waals surface area contributed by atoms with E-state index in [0.29, 0.717) is 12.1 Å². The molecule has 1 aliphatic rings. The lowest BCUT2D eigenvalue weighted by Crippen LogP contribution is -2.36. The number of rotatable bonds is 1. The Labute approximate surface area is 135 Å². The van der Waals surface area contributed by atoms with Gasteiger partial charge in [0.15, 0.2) is 0 Å². The average Bonchev–Trinajstić information content (AvgIpc) is 2.46. The number of nitrogens with zero attached hydrogens (tertiary/aromatic N) is 1. The van der Waals surface area contributed by atoms with Gasteiger partial charge in [-0.15, -0.1) is 0 Å². The van der Waals surface area contributed by atoms with Crippen LogP contribution in [0.2, 0.25) is 0 Å². The lowest BCUT2D eigenvalue weighted by atomic mass is 9.99. The van der Waals surface area contributed by atoms with E-state index in [9.17, 15) is 4.79 Å². The maximum absolute atomic E-state index is 12.6. The molecule has 2 nitrogen and oxygen atoms in total. The van der Waals surface area contributed by atoms with Crippen molar-refractivity contribution in [1.29, 1.82) is 0 Å². The third kappa shape index (κ3) is 2.67. The summed E-state index contributed by atoms with van der Waals surface area (Å²) in [6, 6.07) is 14.0. The number of halogens is 2. The topological polar surface area (TPSA) is 20.3 Å². The van der Waals surface area contributed by atoms with Crippen LogP contribution in [0.5, 0.6) is 0 Å². The van der Waals surface area contributed by atoms with Crippen LogP contribution in [0.3, 0.4) is 0 Å². The van der Waals surface area contributed by atoms with E-state index >= 15 is 0 Å². The normalized spacial score (nSPS) is 14.0. The Balaban J connectivity index is 1.86. The lowest BCUT2D eigenvalue weighted by molar-refractivity contribution is 0.0734. The Hall–Kier alpha value is -1.13. The number of fused-ring (bicyclic) bond motifs is 1. The maximum atomic E-state index is 12.6. The molecule has 2 aromatic rings. The van der Waals surface area contributed by atoms with E-state index in [1.54, 1.807) is 0 Å². The molecule has 1 heterocycles. The van der Waals surface area contributed by atoms with Crippen LogP contribution in [0.4, 0.5) is 0 Å². The van der Waals surface area contributed by atoms with Crippen molar-refractivity contribution in [2.75, 3.05) is 6.54 Å². The smallest absolute Gasteiger partial charge is 0.255 e. The van der Waals surface area contributed by atoms with E-state index in [1.807, 2.05) is 29.2 Å². The minimum atomic E-state index is 0.0823. The van der Waals surface area contributed by atoms with Gasteiger partial charge < -0.3 is 4.90 Å². The van der Waals surface area contributed by atoms with E-state index < -0.39 is 0 Å². The summed E-state index contributed by atoms with van der Waals surface area (Å²) in [7, 11) is 0. The van der Waals surface area contributed by atoms with E-state index in [1.165, 1.54) is 11.1 Å². The predicted molar refractivity (Wildman–Crippen MR) is 86.7 cm³/mol. The number of amides is 1. The van der Waals surface area contributed by atoms with Gasteiger partial charge in [0.05, 0.1) is 5.56 Å². The van der Waals surface area contributed by atoms with Gasteiger partial charge in [-0.25, -0.2) is 0 Å². The number of benzene rings is 2. The van der Waals surface area contributed by atoms with Gasteiger partial charge in [0, 0.05) is 22.0 Å². The number of hydrogen-bond donors (Lipinski definition) is 0. The summed E-state index contributed by atoms with van der Waals surface area (Å²) in [6.07, 6.45) is 0.927. The first kappa shape index (κ1) is 13.8. The molecule has 0 bridgehead atoms. The highest BCUT2D eigenvalue weighted by molar-refractivity contribution is 9.11.